The zero-order chi connectivity index (χ0) is 62.6. The van der Waals surface area contributed by atoms with Crippen LogP contribution in [0, 0.1) is 17.8 Å². The van der Waals surface area contributed by atoms with E-state index in [9.17, 15) is 72.9 Å². The van der Waals surface area contributed by atoms with Gasteiger partial charge < -0.3 is 68.9 Å². The summed E-state index contributed by atoms with van der Waals surface area (Å²) in [6.07, 6.45) is -1.82. The van der Waals surface area contributed by atoms with Gasteiger partial charge in [0.1, 0.15) is 47.3 Å². The van der Waals surface area contributed by atoms with Gasteiger partial charge in [-0.05, 0) is 97.9 Å². The van der Waals surface area contributed by atoms with Crippen molar-refractivity contribution in [2.45, 2.75) is 139 Å². The zero-order valence-electron chi connectivity index (χ0n) is 47.7. The van der Waals surface area contributed by atoms with Crippen LogP contribution in [0.5, 0.6) is 5.75 Å². The van der Waals surface area contributed by atoms with Crippen LogP contribution in [0.2, 0.25) is 5.02 Å². The Morgan fingerprint density at radius 2 is 1.13 bits per heavy atom. The number of aromatic hydroxyl groups is 1. The van der Waals surface area contributed by atoms with Crippen LogP contribution < -0.4 is 53.6 Å². The van der Waals surface area contributed by atoms with E-state index in [0.717, 1.165) is 11.8 Å². The molecule has 3 aromatic carbocycles. The maximum Gasteiger partial charge on any atom is 0.317 e. The van der Waals surface area contributed by atoms with Crippen LogP contribution in [0.3, 0.4) is 0 Å². The summed E-state index contributed by atoms with van der Waals surface area (Å²) in [6.45, 7) is 8.92. The lowest BCUT2D eigenvalue weighted by Crippen LogP contribution is -2.60. The molecule has 27 heteroatoms. The number of unbranched alkanes of at least 4 members (excludes halogenated alkanes) is 1. The number of carbonyl (C=O) groups excluding carboxylic acids is 10. The molecule has 0 aliphatic heterocycles. The van der Waals surface area contributed by atoms with Gasteiger partial charge in [0, 0.05) is 41.3 Å². The maximum atomic E-state index is 14.5. The number of rotatable bonds is 36. The first-order chi connectivity index (χ1) is 39.6. The summed E-state index contributed by atoms with van der Waals surface area (Å²) >= 11 is 6.99. The molecule has 0 aromatic heterocycles. The summed E-state index contributed by atoms with van der Waals surface area (Å²) in [5, 5.41) is 51.6. The van der Waals surface area contributed by atoms with Gasteiger partial charge in [-0.3, -0.25) is 57.5 Å². The van der Waals surface area contributed by atoms with Gasteiger partial charge in [0.25, 0.3) is 5.91 Å². The largest absolute Gasteiger partial charge is 0.508 e. The molecule has 7 atom stereocenters. The molecule has 0 heterocycles. The topological polar surface area (TPSA) is 400 Å². The van der Waals surface area contributed by atoms with Gasteiger partial charge in [-0.25, -0.2) is 0 Å². The highest BCUT2D eigenvalue weighted by atomic mass is 35.5. The minimum Gasteiger partial charge on any atom is -0.508 e. The Morgan fingerprint density at radius 1 is 0.571 bits per heavy atom. The molecule has 0 unspecified atom stereocenters. The molecule has 3 rings (SSSR count). The number of thioether (sulfide) groups is 1. The minimum absolute atomic E-state index is 0.00993. The van der Waals surface area contributed by atoms with Crippen molar-refractivity contribution in [2.24, 2.45) is 23.5 Å². The van der Waals surface area contributed by atoms with Crippen molar-refractivity contribution < 1.29 is 72.9 Å². The number of primary amides is 1. The number of hydrogen-bond acceptors (Lipinski definition) is 14. The monoisotopic (exact) mass is 1210 g/mol. The maximum absolute atomic E-state index is 14.5. The number of nitrogens with one attached hydrogen (secondary N) is 9. The van der Waals surface area contributed by atoms with Crippen molar-refractivity contribution in [3.63, 3.8) is 0 Å². The van der Waals surface area contributed by atoms with Gasteiger partial charge in [0.15, 0.2) is 0 Å². The number of aliphatic carboxylic acids is 2. The molecule has 0 fully saturated rings. The van der Waals surface area contributed by atoms with Crippen LogP contribution in [0.1, 0.15) is 102 Å². The number of hydrogen-bond donors (Lipinski definition) is 13. The molecule has 0 aliphatic rings. The van der Waals surface area contributed by atoms with Gasteiger partial charge in [0.05, 0.1) is 13.1 Å². The summed E-state index contributed by atoms with van der Waals surface area (Å²) in [5.74, 6) is -12.0. The molecule has 0 saturated carbocycles. The van der Waals surface area contributed by atoms with Crippen LogP contribution in [0.4, 0.5) is 0 Å². The quantitative estimate of drug-likeness (QED) is 0.0291. The highest BCUT2D eigenvalue weighted by Crippen LogP contribution is 2.28. The molecule has 0 bridgehead atoms. The number of carboxylic acid groups (broad SMARTS) is 2. The van der Waals surface area contributed by atoms with Crippen molar-refractivity contribution in [3.8, 4) is 5.75 Å². The van der Waals surface area contributed by atoms with E-state index in [2.05, 4.69) is 47.9 Å². The molecule has 3 aromatic rings. The summed E-state index contributed by atoms with van der Waals surface area (Å²) in [6, 6.07) is 11.8. The summed E-state index contributed by atoms with van der Waals surface area (Å²) < 4.78 is 0. The van der Waals surface area contributed by atoms with Crippen LogP contribution in [-0.4, -0.2) is 147 Å². The molecule has 458 valence electrons. The van der Waals surface area contributed by atoms with E-state index >= 15 is 0 Å². The lowest BCUT2D eigenvalue weighted by Gasteiger charge is -2.28. The molecular formula is C57H77ClN10O15S. The SMILES string of the molecule is CC(C)C[C@H](NC(=O)[C@@H](NC(=O)CNC(=O)c1ccccc1)C(C)C)C(=O)N[C@@H](CCCCNC(=O)C[C@@H](Sc1cccc(Cl)c1)C(=O)O)C(=O)N[C@@H](CCC(=O)O)C(=O)N[C@@H](Cc1ccc(O)cc1)C(=O)NCC(=O)N[C@H](C(N)=O)C(C)C. The number of amides is 10. The number of halogens is 1. The van der Waals surface area contributed by atoms with E-state index in [1.165, 1.54) is 24.3 Å². The normalized spacial score (nSPS) is 13.5. The van der Waals surface area contributed by atoms with Gasteiger partial charge in [-0.15, -0.1) is 11.8 Å². The van der Waals surface area contributed by atoms with Crippen LogP contribution in [-0.2, 0) is 59.2 Å². The molecule has 25 nitrogen and oxygen atoms in total. The van der Waals surface area contributed by atoms with E-state index in [1.807, 2.05) is 0 Å². The molecule has 0 spiro atoms. The number of benzene rings is 3. The average molecular weight is 1210 g/mol. The average Bonchev–Trinajstić information content (AvgIpc) is 3.65. The fourth-order valence-electron chi connectivity index (χ4n) is 8.18. The predicted molar refractivity (Wildman–Crippen MR) is 311 cm³/mol. The predicted octanol–water partition coefficient (Wildman–Crippen LogP) is 1.67. The highest BCUT2D eigenvalue weighted by molar-refractivity contribution is 8.00. The highest BCUT2D eigenvalue weighted by Gasteiger charge is 2.34. The van der Waals surface area contributed by atoms with Gasteiger partial charge in [-0.1, -0.05) is 89.5 Å². The van der Waals surface area contributed by atoms with Crippen LogP contribution in [0.25, 0.3) is 0 Å². The second kappa shape index (κ2) is 35.7. The first-order valence-electron chi connectivity index (χ1n) is 27.3. The van der Waals surface area contributed by atoms with E-state index in [-0.39, 0.29) is 50.3 Å². The van der Waals surface area contributed by atoms with E-state index < -0.39 is 157 Å². The van der Waals surface area contributed by atoms with Crippen LogP contribution >= 0.6 is 23.4 Å². The van der Waals surface area contributed by atoms with Crippen LogP contribution in [0.15, 0.2) is 83.8 Å². The van der Waals surface area contributed by atoms with Gasteiger partial charge >= 0.3 is 11.9 Å². The van der Waals surface area contributed by atoms with Crippen molar-refractivity contribution in [2.75, 3.05) is 19.6 Å². The molecule has 10 amide bonds. The number of nitrogens with two attached hydrogens (primary N) is 1. The molecule has 84 heavy (non-hydrogen) atoms. The second-order valence-corrected chi connectivity index (χ2v) is 22.6. The summed E-state index contributed by atoms with van der Waals surface area (Å²) in [4.78, 5) is 159. The van der Waals surface area contributed by atoms with Crippen molar-refractivity contribution in [1.29, 1.82) is 0 Å². The summed E-state index contributed by atoms with van der Waals surface area (Å²) in [5.41, 5.74) is 6.13. The Morgan fingerprint density at radius 3 is 1.69 bits per heavy atom. The number of carbonyl (C=O) groups is 12. The molecule has 0 radical (unpaired) electrons. The standard InChI is InChI=1S/C57H77ClN10O15S/c1-31(2)25-41(66-56(81)49(33(5)6)68-46(72)29-61-51(76)35-13-8-7-9-14-35)55(80)63-39(17-10-11-24-60-44(70)28-43(57(82)83)84-38-16-12-15-36(58)27-38)53(78)64-40(22-23-47(73)74)54(79)65-42(26-34-18-20-37(69)21-19-34)52(77)62-30-45(71)67-48(32(3)4)50(59)75/h7-9,12-16,18-21,27,31-33,39-43,48-49,69H,10-11,17,22-26,28-30H2,1-6H3,(H2,59,75)(H,60,70)(H,61,76)(H,62,77)(H,63,80)(H,64,78)(H,65,79)(H,66,81)(H,67,71)(H,68,72)(H,73,74)(H,82,83)/t39-,40-,41-,42-,43+,48-,49-/m0/s1. The van der Waals surface area contributed by atoms with Gasteiger partial charge in [-0.2, -0.15) is 0 Å². The third-order valence-electron chi connectivity index (χ3n) is 12.6. The van der Waals surface area contributed by atoms with Crippen molar-refractivity contribution >= 4 is 94.4 Å². The van der Waals surface area contributed by atoms with E-state index in [0.29, 0.717) is 21.0 Å². The third kappa shape index (κ3) is 25.9. The fraction of sp³-hybridized carbons (Fsp3) is 0.474. The first kappa shape index (κ1) is 70.0. The Labute approximate surface area is 496 Å². The van der Waals surface area contributed by atoms with E-state index in [4.69, 9.17) is 17.3 Å². The number of phenolic OH excluding ortho intramolecular Hbond substituents is 1. The third-order valence-corrected chi connectivity index (χ3v) is 14.1. The molecule has 0 aliphatic carbocycles. The van der Waals surface area contributed by atoms with Gasteiger partial charge in [0.2, 0.25) is 53.2 Å². The molecule has 14 N–H and O–H groups in total. The fourth-order valence-corrected chi connectivity index (χ4v) is 9.45. The molecular weight excluding hydrogens is 1130 g/mol. The minimum atomic E-state index is -1.70. The van der Waals surface area contributed by atoms with E-state index in [1.54, 1.807) is 96.1 Å². The lowest BCUT2D eigenvalue weighted by atomic mass is 9.99. The second-order valence-electron chi connectivity index (χ2n) is 20.9. The Kier molecular flexibility index (Phi) is 29.7. The van der Waals surface area contributed by atoms with Crippen molar-refractivity contribution in [1.82, 2.24) is 47.9 Å². The first-order valence-corrected chi connectivity index (χ1v) is 28.5. The lowest BCUT2D eigenvalue weighted by molar-refractivity contribution is -0.139. The smallest absolute Gasteiger partial charge is 0.317 e. The Hall–Kier alpha value is -8.26. The summed E-state index contributed by atoms with van der Waals surface area (Å²) in [7, 11) is 0. The Balaban J connectivity index is 1.91. The van der Waals surface area contributed by atoms with Crippen molar-refractivity contribution in [3.05, 3.63) is 95.0 Å². The number of phenols is 1. The Bertz CT molecular complexity index is 2770. The molecule has 0 saturated heterocycles. The number of carboxylic acids is 2. The zero-order valence-corrected chi connectivity index (χ0v) is 49.2.